The molecule has 1 fully saturated rings. The summed E-state index contributed by atoms with van der Waals surface area (Å²) >= 11 is 0. The molecule has 1 aliphatic rings. The van der Waals surface area contributed by atoms with Crippen LogP contribution in [-0.2, 0) is 24.4 Å². The van der Waals surface area contributed by atoms with Gasteiger partial charge in [0.25, 0.3) is 0 Å². The van der Waals surface area contributed by atoms with Crippen molar-refractivity contribution >= 4 is 27.8 Å². The van der Waals surface area contributed by atoms with Crippen LogP contribution < -0.4 is 10.6 Å². The van der Waals surface area contributed by atoms with E-state index >= 15 is 0 Å². The number of rotatable bonds is 5. The van der Waals surface area contributed by atoms with Gasteiger partial charge in [0.1, 0.15) is 5.82 Å². The normalized spacial score (nSPS) is 22.3. The standard InChI is InChI=1S/C19H29N5OS/c1-4-26(25)15-9-7-8-14(12-15)22-19(20-2)21-13-18-23-16-10-5-6-11-17(16)24(18)3/h5-6,10-11,14-15H,4,7-9,12-13H2,1-3H3,(H2,20,21,22). The molecule has 0 radical (unpaired) electrons. The SMILES string of the molecule is CCS(=O)C1CCCC(NC(=NC)NCc2nc3ccccc3n2C)C1. The van der Waals surface area contributed by atoms with E-state index in [0.717, 1.165) is 54.3 Å². The van der Waals surface area contributed by atoms with Crippen molar-refractivity contribution in [3.05, 3.63) is 30.1 Å². The Morgan fingerprint density at radius 2 is 2.19 bits per heavy atom. The van der Waals surface area contributed by atoms with Gasteiger partial charge in [0, 0.05) is 41.9 Å². The molecule has 0 aliphatic heterocycles. The smallest absolute Gasteiger partial charge is 0.191 e. The van der Waals surface area contributed by atoms with Crippen LogP contribution in [0.2, 0.25) is 0 Å². The van der Waals surface area contributed by atoms with E-state index in [9.17, 15) is 4.21 Å². The van der Waals surface area contributed by atoms with Gasteiger partial charge in [-0.05, 0) is 31.4 Å². The molecule has 3 atom stereocenters. The highest BCUT2D eigenvalue weighted by Crippen LogP contribution is 2.23. The van der Waals surface area contributed by atoms with Gasteiger partial charge in [0.05, 0.1) is 17.6 Å². The average molecular weight is 376 g/mol. The van der Waals surface area contributed by atoms with Crippen LogP contribution in [0.4, 0.5) is 0 Å². The molecule has 0 spiro atoms. The fourth-order valence-corrected chi connectivity index (χ4v) is 5.00. The highest BCUT2D eigenvalue weighted by molar-refractivity contribution is 7.85. The van der Waals surface area contributed by atoms with Gasteiger partial charge < -0.3 is 15.2 Å². The molecule has 1 aromatic heterocycles. The number of fused-ring (bicyclic) bond motifs is 1. The number of hydrogen-bond donors (Lipinski definition) is 2. The molecule has 0 saturated heterocycles. The number of guanidine groups is 1. The number of aliphatic imine (C=N–C) groups is 1. The Labute approximate surface area is 157 Å². The van der Waals surface area contributed by atoms with E-state index in [1.54, 1.807) is 7.05 Å². The third-order valence-corrected chi connectivity index (χ3v) is 6.88. The first-order valence-electron chi connectivity index (χ1n) is 9.37. The van der Waals surface area contributed by atoms with Crippen LogP contribution in [0.1, 0.15) is 38.4 Å². The number of imidazole rings is 1. The Hall–Kier alpha value is -1.89. The van der Waals surface area contributed by atoms with Gasteiger partial charge in [-0.1, -0.05) is 25.5 Å². The quantitative estimate of drug-likeness (QED) is 0.621. The van der Waals surface area contributed by atoms with Gasteiger partial charge in [-0.3, -0.25) is 9.20 Å². The minimum absolute atomic E-state index is 0.309. The van der Waals surface area contributed by atoms with Crippen LogP contribution >= 0.6 is 0 Å². The Balaban J connectivity index is 1.59. The van der Waals surface area contributed by atoms with E-state index in [0.29, 0.717) is 17.8 Å². The van der Waals surface area contributed by atoms with Crippen molar-refractivity contribution in [1.29, 1.82) is 0 Å². The summed E-state index contributed by atoms with van der Waals surface area (Å²) < 4.78 is 14.2. The summed E-state index contributed by atoms with van der Waals surface area (Å²) in [5.74, 6) is 2.50. The number of para-hydroxylation sites is 2. The predicted molar refractivity (Wildman–Crippen MR) is 109 cm³/mol. The van der Waals surface area contributed by atoms with Gasteiger partial charge in [0.2, 0.25) is 0 Å². The lowest BCUT2D eigenvalue weighted by molar-refractivity contribution is 0.413. The van der Waals surface area contributed by atoms with E-state index in [-0.39, 0.29) is 0 Å². The van der Waals surface area contributed by atoms with Gasteiger partial charge in [0.15, 0.2) is 5.96 Å². The van der Waals surface area contributed by atoms with E-state index in [1.165, 1.54) is 0 Å². The van der Waals surface area contributed by atoms with Crippen molar-refractivity contribution in [2.45, 2.75) is 50.4 Å². The van der Waals surface area contributed by atoms with E-state index in [2.05, 4.69) is 31.2 Å². The molecular formula is C19H29N5OS. The van der Waals surface area contributed by atoms with Crippen LogP contribution in [-0.4, -0.2) is 43.8 Å². The Morgan fingerprint density at radius 1 is 1.38 bits per heavy atom. The second-order valence-corrected chi connectivity index (χ2v) is 8.81. The maximum absolute atomic E-state index is 12.1. The molecule has 3 rings (SSSR count). The van der Waals surface area contributed by atoms with Crippen LogP contribution in [0.5, 0.6) is 0 Å². The molecule has 0 amide bonds. The van der Waals surface area contributed by atoms with Crippen LogP contribution in [0.3, 0.4) is 0 Å². The predicted octanol–water partition coefficient (Wildman–Crippen LogP) is 2.32. The second kappa shape index (κ2) is 8.66. The minimum atomic E-state index is -0.710. The van der Waals surface area contributed by atoms with Crippen molar-refractivity contribution in [1.82, 2.24) is 20.2 Å². The van der Waals surface area contributed by atoms with Gasteiger partial charge in [-0.2, -0.15) is 0 Å². The van der Waals surface area contributed by atoms with Crippen molar-refractivity contribution in [2.75, 3.05) is 12.8 Å². The lowest BCUT2D eigenvalue weighted by Crippen LogP contribution is -2.46. The molecule has 1 aliphatic carbocycles. The average Bonchev–Trinajstić information content (AvgIpc) is 3.00. The van der Waals surface area contributed by atoms with E-state index in [1.807, 2.05) is 32.2 Å². The molecule has 142 valence electrons. The fraction of sp³-hybridized carbons (Fsp3) is 0.579. The molecule has 6 nitrogen and oxygen atoms in total. The number of benzene rings is 1. The molecule has 7 heteroatoms. The first-order valence-corrected chi connectivity index (χ1v) is 10.7. The molecule has 2 aromatic rings. The highest BCUT2D eigenvalue weighted by atomic mass is 32.2. The third kappa shape index (κ3) is 4.26. The van der Waals surface area contributed by atoms with Crippen molar-refractivity contribution in [2.24, 2.45) is 12.0 Å². The zero-order valence-corrected chi connectivity index (χ0v) is 16.7. The summed E-state index contributed by atoms with van der Waals surface area (Å²) in [7, 11) is 3.11. The summed E-state index contributed by atoms with van der Waals surface area (Å²) in [4.78, 5) is 9.04. The van der Waals surface area contributed by atoms with Crippen molar-refractivity contribution in [3.8, 4) is 0 Å². The first kappa shape index (κ1) is 18.9. The Morgan fingerprint density at radius 3 is 2.92 bits per heavy atom. The largest absolute Gasteiger partial charge is 0.354 e. The summed E-state index contributed by atoms with van der Waals surface area (Å²) in [5.41, 5.74) is 2.14. The number of aromatic nitrogens is 2. The Kier molecular flexibility index (Phi) is 6.29. The maximum Gasteiger partial charge on any atom is 0.191 e. The van der Waals surface area contributed by atoms with Crippen LogP contribution in [0, 0.1) is 0 Å². The molecule has 26 heavy (non-hydrogen) atoms. The number of nitrogens with one attached hydrogen (secondary N) is 2. The van der Waals surface area contributed by atoms with Crippen LogP contribution in [0.25, 0.3) is 11.0 Å². The lowest BCUT2D eigenvalue weighted by Gasteiger charge is -2.30. The molecule has 0 bridgehead atoms. The van der Waals surface area contributed by atoms with E-state index < -0.39 is 10.8 Å². The van der Waals surface area contributed by atoms with Crippen molar-refractivity contribution < 1.29 is 4.21 Å². The second-order valence-electron chi connectivity index (χ2n) is 6.80. The minimum Gasteiger partial charge on any atom is -0.354 e. The maximum atomic E-state index is 12.1. The molecule has 2 N–H and O–H groups in total. The molecular weight excluding hydrogens is 346 g/mol. The van der Waals surface area contributed by atoms with Gasteiger partial charge in [-0.25, -0.2) is 4.98 Å². The van der Waals surface area contributed by atoms with Gasteiger partial charge >= 0.3 is 0 Å². The van der Waals surface area contributed by atoms with Crippen molar-refractivity contribution in [3.63, 3.8) is 0 Å². The summed E-state index contributed by atoms with van der Waals surface area (Å²) in [6.07, 6.45) is 4.25. The number of aryl methyl sites for hydroxylation is 1. The fourth-order valence-electron chi connectivity index (χ4n) is 3.65. The molecule has 1 aromatic carbocycles. The Bertz CT molecular complexity index is 800. The van der Waals surface area contributed by atoms with Crippen LogP contribution in [0.15, 0.2) is 29.3 Å². The summed E-state index contributed by atoms with van der Waals surface area (Å²) in [6.45, 7) is 2.62. The number of hydrogen-bond acceptors (Lipinski definition) is 3. The highest BCUT2D eigenvalue weighted by Gasteiger charge is 2.26. The molecule has 1 saturated carbocycles. The summed E-state index contributed by atoms with van der Waals surface area (Å²) in [5, 5.41) is 7.19. The van der Waals surface area contributed by atoms with Gasteiger partial charge in [-0.15, -0.1) is 0 Å². The monoisotopic (exact) mass is 375 g/mol. The zero-order chi connectivity index (χ0) is 18.5. The summed E-state index contributed by atoms with van der Waals surface area (Å²) in [6, 6.07) is 8.47. The first-order chi connectivity index (χ1) is 12.6. The zero-order valence-electron chi connectivity index (χ0n) is 15.9. The molecule has 3 unspecified atom stereocenters. The number of nitrogens with zero attached hydrogens (tertiary/aromatic N) is 3. The van der Waals surface area contributed by atoms with E-state index in [4.69, 9.17) is 0 Å². The lowest BCUT2D eigenvalue weighted by atomic mass is 9.95. The topological polar surface area (TPSA) is 71.3 Å². The third-order valence-electron chi connectivity index (χ3n) is 5.14. The molecule has 1 heterocycles.